The number of β-amino-alcohol motifs (C(OH)–C–C–N with tert-alkyl or cyclic N) is 1. The van der Waals surface area contributed by atoms with Crippen molar-refractivity contribution in [3.05, 3.63) is 23.0 Å². The molecule has 10 nitrogen and oxygen atoms in total. The lowest BCUT2D eigenvalue weighted by atomic mass is 9.95. The van der Waals surface area contributed by atoms with Gasteiger partial charge in [0.05, 0.1) is 23.8 Å². The zero-order valence-corrected chi connectivity index (χ0v) is 23.0. The predicted molar refractivity (Wildman–Crippen MR) is 143 cm³/mol. The highest BCUT2D eigenvalue weighted by atomic mass is 19.4. The van der Waals surface area contributed by atoms with Gasteiger partial charge < -0.3 is 25.2 Å². The number of nitrogen functional groups attached to an aromatic ring is 1. The lowest BCUT2D eigenvalue weighted by Crippen LogP contribution is -2.43. The minimum absolute atomic E-state index is 0.00515. The third-order valence-electron chi connectivity index (χ3n) is 8.29. The van der Waals surface area contributed by atoms with Crippen LogP contribution in [0.25, 0.3) is 22.3 Å². The van der Waals surface area contributed by atoms with Crippen LogP contribution in [0.2, 0.25) is 0 Å². The number of aliphatic hydroxyl groups excluding tert-OH is 1. The van der Waals surface area contributed by atoms with E-state index in [1.165, 1.54) is 6.92 Å². The van der Waals surface area contributed by atoms with E-state index >= 15 is 4.39 Å². The number of halogens is 5. The van der Waals surface area contributed by atoms with Crippen LogP contribution in [0.5, 0.6) is 11.9 Å². The fraction of sp³-hybridized carbons (Fsp3) is 0.556. The van der Waals surface area contributed by atoms with Gasteiger partial charge in [-0.3, -0.25) is 4.90 Å². The number of pyridine rings is 2. The summed E-state index contributed by atoms with van der Waals surface area (Å²) in [4.78, 5) is 20.5. The third-order valence-corrected chi connectivity index (χ3v) is 8.29. The Labute approximate surface area is 237 Å². The van der Waals surface area contributed by atoms with Gasteiger partial charge in [-0.05, 0) is 44.9 Å². The molecule has 0 aliphatic carbocycles. The molecule has 0 spiro atoms. The molecular weight excluding hydrogens is 565 g/mol. The van der Waals surface area contributed by atoms with Crippen LogP contribution in [-0.4, -0.2) is 87.1 Å². The van der Waals surface area contributed by atoms with Crippen molar-refractivity contribution in [2.45, 2.75) is 57.0 Å². The van der Waals surface area contributed by atoms with Crippen molar-refractivity contribution in [2.75, 3.05) is 50.1 Å². The van der Waals surface area contributed by atoms with Gasteiger partial charge in [0.1, 0.15) is 53.3 Å². The Morgan fingerprint density at radius 2 is 2.00 bits per heavy atom. The van der Waals surface area contributed by atoms with E-state index in [9.17, 15) is 22.7 Å². The number of rotatable bonds is 6. The molecule has 15 heteroatoms. The molecule has 0 saturated carbocycles. The van der Waals surface area contributed by atoms with Gasteiger partial charge in [0.2, 0.25) is 5.88 Å². The molecule has 6 heterocycles. The van der Waals surface area contributed by atoms with Crippen molar-refractivity contribution in [1.29, 1.82) is 0 Å². The number of aromatic nitrogens is 4. The van der Waals surface area contributed by atoms with Gasteiger partial charge in [0.25, 0.3) is 0 Å². The Morgan fingerprint density at radius 1 is 1.21 bits per heavy atom. The second kappa shape index (κ2) is 10.3. The number of anilines is 2. The first-order chi connectivity index (χ1) is 19.9. The highest BCUT2D eigenvalue weighted by Gasteiger charge is 2.49. The molecule has 0 aromatic carbocycles. The normalized spacial score (nSPS) is 24.1. The summed E-state index contributed by atoms with van der Waals surface area (Å²) in [5.41, 5.74) is 1.86. The quantitative estimate of drug-likeness (QED) is 0.408. The maximum absolute atomic E-state index is 16.4. The monoisotopic (exact) mass is 595 g/mol. The molecule has 3 aliphatic rings. The SMILES string of the molecule is Cc1cc(N)nc(-c2nc3c4c(nc(OC[C@@]56CCCN5C[C@H](F)C6)nc4c2F)N(CCO)[C@@H](C)CO3)c1C(F)(F)F. The van der Waals surface area contributed by atoms with Crippen molar-refractivity contribution in [3.63, 3.8) is 0 Å². The smallest absolute Gasteiger partial charge is 0.418 e. The molecule has 3 aromatic heterocycles. The summed E-state index contributed by atoms with van der Waals surface area (Å²) in [5, 5.41) is 9.78. The van der Waals surface area contributed by atoms with Gasteiger partial charge >= 0.3 is 12.2 Å². The van der Waals surface area contributed by atoms with Crippen molar-refractivity contribution in [3.8, 4) is 23.3 Å². The standard InChI is InChI=1S/C27H30F5N7O3/c1-13-8-16(33)34-21(18(13)27(30,31)32)22-19(29)20-17-23(39(6-7-40)14(2)11-41-24(17)35-22)37-25(36-20)42-12-26-4-3-5-38(26)10-15(28)9-26/h8,14-15,40H,3-7,9-12H2,1-2H3,(H2,33,34)/t14-,15+,26-/m0/s1. The van der Waals surface area contributed by atoms with Crippen LogP contribution >= 0.6 is 0 Å². The number of nitrogens with two attached hydrogens (primary N) is 1. The van der Waals surface area contributed by atoms with E-state index in [1.807, 2.05) is 4.90 Å². The summed E-state index contributed by atoms with van der Waals surface area (Å²) in [6, 6.07) is 0.412. The van der Waals surface area contributed by atoms with Crippen LogP contribution in [0.15, 0.2) is 6.07 Å². The molecule has 3 atom stereocenters. The zero-order chi connectivity index (χ0) is 30.0. The number of hydrogen-bond acceptors (Lipinski definition) is 10. The highest BCUT2D eigenvalue weighted by Crippen LogP contribution is 2.45. The summed E-state index contributed by atoms with van der Waals surface area (Å²) < 4.78 is 85.1. The number of fused-ring (bicyclic) bond motifs is 1. The van der Waals surface area contributed by atoms with E-state index in [1.54, 1.807) is 11.8 Å². The zero-order valence-electron chi connectivity index (χ0n) is 23.0. The van der Waals surface area contributed by atoms with Gasteiger partial charge in [-0.2, -0.15) is 23.1 Å². The largest absolute Gasteiger partial charge is 0.475 e. The van der Waals surface area contributed by atoms with Crippen molar-refractivity contribution >= 4 is 22.5 Å². The summed E-state index contributed by atoms with van der Waals surface area (Å²) >= 11 is 0. The number of hydrogen-bond donors (Lipinski definition) is 2. The summed E-state index contributed by atoms with van der Waals surface area (Å²) in [7, 11) is 0. The van der Waals surface area contributed by atoms with E-state index in [4.69, 9.17) is 15.2 Å². The van der Waals surface area contributed by atoms with E-state index in [2.05, 4.69) is 19.9 Å². The van der Waals surface area contributed by atoms with Crippen molar-refractivity contribution in [1.82, 2.24) is 24.8 Å². The first-order valence-electron chi connectivity index (χ1n) is 13.7. The fourth-order valence-corrected chi connectivity index (χ4v) is 6.44. The molecule has 226 valence electrons. The van der Waals surface area contributed by atoms with Crippen LogP contribution < -0.4 is 20.1 Å². The first-order valence-corrected chi connectivity index (χ1v) is 13.7. The molecule has 0 amide bonds. The second-order valence-electron chi connectivity index (χ2n) is 11.2. The Bertz CT molecular complexity index is 1540. The first kappa shape index (κ1) is 28.5. The molecule has 3 aliphatic heterocycles. The Kier molecular flexibility index (Phi) is 6.99. The Balaban J connectivity index is 1.54. The Morgan fingerprint density at radius 3 is 2.74 bits per heavy atom. The van der Waals surface area contributed by atoms with E-state index in [0.29, 0.717) is 13.0 Å². The molecule has 6 rings (SSSR count). The maximum Gasteiger partial charge on any atom is 0.418 e. The predicted octanol–water partition coefficient (Wildman–Crippen LogP) is 3.67. The van der Waals surface area contributed by atoms with E-state index < -0.39 is 52.2 Å². The summed E-state index contributed by atoms with van der Waals surface area (Å²) in [6.45, 7) is 3.89. The van der Waals surface area contributed by atoms with Crippen LogP contribution in [0.3, 0.4) is 0 Å². The van der Waals surface area contributed by atoms with Gasteiger partial charge in [-0.15, -0.1) is 0 Å². The van der Waals surface area contributed by atoms with Gasteiger partial charge in [0, 0.05) is 19.5 Å². The minimum atomic E-state index is -4.89. The van der Waals surface area contributed by atoms with Crippen molar-refractivity contribution in [2.24, 2.45) is 0 Å². The van der Waals surface area contributed by atoms with E-state index in [0.717, 1.165) is 19.0 Å². The van der Waals surface area contributed by atoms with Gasteiger partial charge in [-0.25, -0.2) is 18.7 Å². The number of aryl methyl sites for hydroxylation is 1. The Hall–Kier alpha value is -3.59. The highest BCUT2D eigenvalue weighted by molar-refractivity contribution is 5.97. The molecule has 42 heavy (non-hydrogen) atoms. The molecule has 3 N–H and O–H groups in total. The minimum Gasteiger partial charge on any atom is -0.475 e. The molecule has 0 unspecified atom stereocenters. The molecule has 0 bridgehead atoms. The number of alkyl halides is 4. The van der Waals surface area contributed by atoms with Gasteiger partial charge in [-0.1, -0.05) is 0 Å². The van der Waals surface area contributed by atoms with Crippen molar-refractivity contribution < 1.29 is 36.5 Å². The van der Waals surface area contributed by atoms with Crippen LogP contribution in [0.4, 0.5) is 33.6 Å². The van der Waals surface area contributed by atoms with Crippen LogP contribution in [0.1, 0.15) is 37.3 Å². The third kappa shape index (κ3) is 4.71. The molecule has 3 aromatic rings. The fourth-order valence-electron chi connectivity index (χ4n) is 6.44. The second-order valence-corrected chi connectivity index (χ2v) is 11.2. The average Bonchev–Trinajstić information content (AvgIpc) is 3.40. The van der Waals surface area contributed by atoms with E-state index in [-0.39, 0.29) is 67.3 Å². The van der Waals surface area contributed by atoms with Crippen LogP contribution in [-0.2, 0) is 6.18 Å². The molecule has 2 fully saturated rings. The number of ether oxygens (including phenoxy) is 2. The molecule has 0 radical (unpaired) electrons. The topological polar surface area (TPSA) is 123 Å². The lowest BCUT2D eigenvalue weighted by molar-refractivity contribution is -0.137. The summed E-state index contributed by atoms with van der Waals surface area (Å²) in [5.74, 6) is -1.49. The number of aliphatic hydroxyl groups is 1. The van der Waals surface area contributed by atoms with Gasteiger partial charge in [0.15, 0.2) is 5.82 Å². The van der Waals surface area contributed by atoms with Crippen LogP contribution in [0, 0.1) is 12.7 Å². The maximum atomic E-state index is 16.4. The average molecular weight is 596 g/mol. The molecular formula is C27H30F5N7O3. The lowest BCUT2D eigenvalue weighted by Gasteiger charge is -2.31. The number of nitrogens with zero attached hydrogens (tertiary/aromatic N) is 6. The molecule has 2 saturated heterocycles. The summed E-state index contributed by atoms with van der Waals surface area (Å²) in [6.07, 6.45) is -4.03.